The van der Waals surface area contributed by atoms with E-state index < -0.39 is 79.7 Å². The number of fused-ring (bicyclic) bond motifs is 3. The molecule has 18 heteroatoms. The van der Waals surface area contributed by atoms with Crippen molar-refractivity contribution >= 4 is 66.6 Å². The Morgan fingerprint density at radius 1 is 1.13 bits per heavy atom. The molecule has 2 aromatic carbocycles. The van der Waals surface area contributed by atoms with Gasteiger partial charge in [0.1, 0.15) is 29.5 Å². The van der Waals surface area contributed by atoms with Crippen LogP contribution in [0.1, 0.15) is 70.3 Å². The molecular weight excluding hydrogens is 774 g/mol. The molecule has 2 saturated carbocycles. The summed E-state index contributed by atoms with van der Waals surface area (Å²) in [5, 5.41) is 6.35. The van der Waals surface area contributed by atoms with Crippen molar-refractivity contribution in [3.05, 3.63) is 65.0 Å². The van der Waals surface area contributed by atoms with Crippen molar-refractivity contribution in [1.82, 2.24) is 19.9 Å². The van der Waals surface area contributed by atoms with Crippen LogP contribution in [0.5, 0.6) is 5.19 Å². The van der Waals surface area contributed by atoms with E-state index in [1.807, 2.05) is 6.08 Å². The molecule has 3 N–H and O–H groups in total. The molecule has 290 valence electrons. The van der Waals surface area contributed by atoms with Crippen LogP contribution in [0.15, 0.2) is 48.6 Å². The minimum absolute atomic E-state index is 0.0479. The van der Waals surface area contributed by atoms with E-state index in [9.17, 15) is 40.4 Å². The van der Waals surface area contributed by atoms with Crippen LogP contribution < -0.4 is 20.1 Å². The number of anilines is 1. The summed E-state index contributed by atoms with van der Waals surface area (Å²) in [7, 11) is -4.04. The molecule has 11 nitrogen and oxygen atoms in total. The lowest BCUT2D eigenvalue weighted by Gasteiger charge is -2.30. The van der Waals surface area contributed by atoms with Gasteiger partial charge >= 0.3 is 6.18 Å². The zero-order valence-corrected chi connectivity index (χ0v) is 31.4. The van der Waals surface area contributed by atoms with E-state index in [0.29, 0.717) is 55.1 Å². The highest BCUT2D eigenvalue weighted by atomic mass is 35.5. The number of benzene rings is 2. The van der Waals surface area contributed by atoms with Crippen molar-refractivity contribution in [3.63, 3.8) is 0 Å². The Morgan fingerprint density at radius 2 is 1.91 bits per heavy atom. The van der Waals surface area contributed by atoms with Crippen molar-refractivity contribution in [1.29, 1.82) is 0 Å². The van der Waals surface area contributed by atoms with Gasteiger partial charge < -0.3 is 20.3 Å². The number of alkyl halides is 3. The largest absolute Gasteiger partial charge is 0.465 e. The van der Waals surface area contributed by atoms with Crippen molar-refractivity contribution < 1.29 is 45.1 Å². The molecule has 3 aromatic rings. The van der Waals surface area contributed by atoms with Crippen LogP contribution >= 0.6 is 22.9 Å². The van der Waals surface area contributed by atoms with Crippen LogP contribution in [0.4, 0.5) is 23.2 Å². The number of thiazole rings is 1. The van der Waals surface area contributed by atoms with E-state index in [2.05, 4.69) is 20.3 Å². The average molecular weight is 812 g/mol. The summed E-state index contributed by atoms with van der Waals surface area (Å²) in [6.45, 7) is 1.41. The average Bonchev–Trinajstić information content (AvgIpc) is 3.91. The van der Waals surface area contributed by atoms with Gasteiger partial charge in [-0.3, -0.25) is 19.1 Å². The van der Waals surface area contributed by atoms with Gasteiger partial charge in [-0.2, -0.15) is 13.2 Å². The summed E-state index contributed by atoms with van der Waals surface area (Å²) >= 11 is 7.36. The summed E-state index contributed by atoms with van der Waals surface area (Å²) < 4.78 is 89.5. The lowest BCUT2D eigenvalue weighted by atomic mass is 10.0. The van der Waals surface area contributed by atoms with E-state index in [1.165, 1.54) is 16.2 Å². The maximum Gasteiger partial charge on any atom is 0.416 e. The van der Waals surface area contributed by atoms with Gasteiger partial charge in [-0.05, 0) is 81.8 Å². The fourth-order valence-electron chi connectivity index (χ4n) is 7.05. The predicted octanol–water partition coefficient (Wildman–Crippen LogP) is 6.33. The number of nitrogens with zero attached hydrogens (tertiary/aromatic N) is 2. The normalized spacial score (nSPS) is 27.3. The third-order valence-electron chi connectivity index (χ3n) is 10.6. The predicted molar refractivity (Wildman–Crippen MR) is 194 cm³/mol. The second kappa shape index (κ2) is 14.3. The maximum absolute atomic E-state index is 14.5. The van der Waals surface area contributed by atoms with Gasteiger partial charge in [0.15, 0.2) is 0 Å². The third kappa shape index (κ3) is 7.89. The number of hydrogen-bond acceptors (Lipinski definition) is 9. The Kier molecular flexibility index (Phi) is 10.1. The summed E-state index contributed by atoms with van der Waals surface area (Å²) in [6, 6.07) is 4.68. The monoisotopic (exact) mass is 811 g/mol. The van der Waals surface area contributed by atoms with Crippen LogP contribution in [0.2, 0.25) is 5.02 Å². The lowest BCUT2D eigenvalue weighted by molar-refractivity contribution is -0.140. The number of rotatable bonds is 7. The summed E-state index contributed by atoms with van der Waals surface area (Å²) in [5.41, 5.74) is -2.47. The molecule has 1 saturated heterocycles. The number of allylic oxidation sites excluding steroid dienone is 1. The van der Waals surface area contributed by atoms with Crippen LogP contribution in [0, 0.1) is 11.7 Å². The number of nitrogens with one attached hydrogen (secondary N) is 3. The summed E-state index contributed by atoms with van der Waals surface area (Å²) in [6.07, 6.45) is 1.44. The number of carbonyl (C=O) groups is 3. The number of halogens is 5. The molecule has 0 bridgehead atoms. The Labute approximate surface area is 317 Å². The van der Waals surface area contributed by atoms with Crippen LogP contribution in [0.25, 0.3) is 10.2 Å². The zero-order valence-electron chi connectivity index (χ0n) is 29.0. The van der Waals surface area contributed by atoms with Crippen LogP contribution in [-0.4, -0.2) is 71.0 Å². The molecule has 2 aliphatic heterocycles. The minimum Gasteiger partial charge on any atom is -0.465 e. The molecule has 1 aromatic heterocycles. The second-order valence-electron chi connectivity index (χ2n) is 14.7. The Balaban J connectivity index is 1.20. The van der Waals surface area contributed by atoms with Crippen LogP contribution in [-0.2, 0) is 30.6 Å². The fourth-order valence-corrected chi connectivity index (χ4v) is 9.52. The first-order chi connectivity index (χ1) is 25.5. The van der Waals surface area contributed by atoms with Gasteiger partial charge in [-0.25, -0.2) is 17.8 Å². The first-order valence-electron chi connectivity index (χ1n) is 17.7. The van der Waals surface area contributed by atoms with Crippen molar-refractivity contribution in [2.45, 2.75) is 99.4 Å². The number of hydrogen-bond donors (Lipinski definition) is 3. The van der Waals surface area contributed by atoms with Crippen molar-refractivity contribution in [2.75, 3.05) is 11.9 Å². The zero-order chi connectivity index (χ0) is 38.6. The fraction of sp³-hybridized carbons (Fsp3) is 0.500. The van der Waals surface area contributed by atoms with E-state index in [0.717, 1.165) is 16.8 Å². The minimum atomic E-state index is -4.84. The molecule has 0 unspecified atom stereocenters. The molecule has 2 aliphatic carbocycles. The van der Waals surface area contributed by atoms with E-state index in [1.54, 1.807) is 31.2 Å². The van der Waals surface area contributed by atoms with Crippen LogP contribution in [0.3, 0.4) is 0 Å². The molecular formula is C36H38ClF4N5O6S2. The molecule has 7 rings (SSSR count). The first kappa shape index (κ1) is 38.3. The van der Waals surface area contributed by atoms with Gasteiger partial charge in [0, 0.05) is 23.0 Å². The standard InChI is InChI=1S/C36H38ClF4N5O6S2/c1-34(11-12-34)54(50,51)45-32(49)35-18-20(35)7-5-3-2-4-6-8-27(42-24-14-21(36(39,40)41)13-23(38)16-24)31(48)46-19-25(17-28(46)30(47)44-35)52-33-43-26-10-9-22(37)15-29(26)53-33/h5,7,9-10,13-16,20,25,27-28,42H,2-4,6,8,11-12,17-19H2,1H3,(H,44,47)(H,45,49)/t20-,25-,27+,28+,35-/m1/s1. The van der Waals surface area contributed by atoms with E-state index in [4.69, 9.17) is 16.3 Å². The highest BCUT2D eigenvalue weighted by Crippen LogP contribution is 2.47. The quantitative estimate of drug-likeness (QED) is 0.186. The van der Waals surface area contributed by atoms with Crippen molar-refractivity contribution in [2.24, 2.45) is 5.92 Å². The van der Waals surface area contributed by atoms with E-state index in [-0.39, 0.29) is 36.7 Å². The SMILES string of the molecule is CC1(S(=O)(=O)NC(=O)[C@@]23C[C@H]2C=CCCCCC[C@H](Nc2cc(F)cc(C(F)(F)F)c2)C(=O)N2C[C@H](Oc4nc5ccc(Cl)cc5s4)C[C@H]2C(=O)N3)CC1. The first-order valence-corrected chi connectivity index (χ1v) is 20.4. The molecule has 3 fully saturated rings. The lowest BCUT2D eigenvalue weighted by Crippen LogP contribution is -2.58. The Bertz CT molecular complexity index is 2130. The molecule has 54 heavy (non-hydrogen) atoms. The van der Waals surface area contributed by atoms with E-state index >= 15 is 0 Å². The highest BCUT2D eigenvalue weighted by molar-refractivity contribution is 7.91. The summed E-state index contributed by atoms with van der Waals surface area (Å²) in [5.74, 6) is -3.89. The number of carbonyl (C=O) groups excluding carboxylic acids is 3. The number of sulfonamides is 1. The van der Waals surface area contributed by atoms with Gasteiger partial charge in [-0.15, -0.1) is 0 Å². The molecule has 4 aliphatic rings. The molecule has 5 atom stereocenters. The number of ether oxygens (including phenoxy) is 1. The van der Waals surface area contributed by atoms with Gasteiger partial charge in [0.25, 0.3) is 11.1 Å². The van der Waals surface area contributed by atoms with Gasteiger partial charge in [0.2, 0.25) is 21.8 Å². The molecule has 3 heterocycles. The third-order valence-corrected chi connectivity index (χ3v) is 13.9. The second-order valence-corrected chi connectivity index (χ2v) is 18.3. The highest BCUT2D eigenvalue weighted by Gasteiger charge is 2.63. The smallest absolute Gasteiger partial charge is 0.416 e. The number of amides is 3. The Morgan fingerprint density at radius 3 is 2.65 bits per heavy atom. The topological polar surface area (TPSA) is 147 Å². The summed E-state index contributed by atoms with van der Waals surface area (Å²) in [4.78, 5) is 48.3. The van der Waals surface area contributed by atoms with Gasteiger partial charge in [-0.1, -0.05) is 47.9 Å². The molecule has 0 radical (unpaired) electrons. The molecule has 3 amide bonds. The van der Waals surface area contributed by atoms with Crippen molar-refractivity contribution in [3.8, 4) is 5.19 Å². The van der Waals surface area contributed by atoms with Gasteiger partial charge in [0.05, 0.1) is 27.1 Å². The molecule has 0 spiro atoms. The maximum atomic E-state index is 14.5. The number of aromatic nitrogens is 1. The Hall–Kier alpha value is -3.96.